The first-order chi connectivity index (χ1) is 12.7. The van der Waals surface area contributed by atoms with Crippen molar-refractivity contribution in [1.82, 2.24) is 14.9 Å². The van der Waals surface area contributed by atoms with Gasteiger partial charge in [-0.05, 0) is 6.07 Å². The van der Waals surface area contributed by atoms with Crippen molar-refractivity contribution >= 4 is 12.1 Å². The van der Waals surface area contributed by atoms with Crippen LogP contribution in [-0.4, -0.2) is 55.8 Å². The van der Waals surface area contributed by atoms with Crippen molar-refractivity contribution in [3.8, 4) is 0 Å². The number of hydrogen-bond acceptors (Lipinski definition) is 7. The van der Waals surface area contributed by atoms with Crippen LogP contribution in [0.15, 0.2) is 47.4 Å². The fraction of sp³-hybridized carbons (Fsp3) is 0.389. The van der Waals surface area contributed by atoms with Gasteiger partial charge in [0.1, 0.15) is 12.1 Å². The second-order valence-electron chi connectivity index (χ2n) is 5.61. The Labute approximate surface area is 152 Å². The fourth-order valence-electron chi connectivity index (χ4n) is 2.44. The van der Waals surface area contributed by atoms with Crippen LogP contribution < -0.4 is 16.3 Å². The Morgan fingerprint density at radius 1 is 1.35 bits per heavy atom. The topological polar surface area (TPSA) is 94.5 Å². The van der Waals surface area contributed by atoms with E-state index < -0.39 is 0 Å². The Kier molecular flexibility index (Phi) is 7.94. The van der Waals surface area contributed by atoms with Gasteiger partial charge in [-0.1, -0.05) is 30.3 Å². The van der Waals surface area contributed by atoms with Crippen LogP contribution in [0.3, 0.4) is 0 Å². The maximum absolute atomic E-state index is 11.8. The lowest BCUT2D eigenvalue weighted by Crippen LogP contribution is -2.46. The van der Waals surface area contributed by atoms with Crippen molar-refractivity contribution in [3.05, 3.63) is 58.6 Å². The molecule has 2 heterocycles. The van der Waals surface area contributed by atoms with E-state index in [2.05, 4.69) is 15.6 Å². The molecule has 1 aromatic heterocycles. The van der Waals surface area contributed by atoms with Crippen LogP contribution in [0.2, 0.25) is 0 Å². The Morgan fingerprint density at radius 3 is 2.69 bits per heavy atom. The second-order valence-corrected chi connectivity index (χ2v) is 5.61. The smallest absolute Gasteiger partial charge is 0.351 e. The van der Waals surface area contributed by atoms with E-state index in [4.69, 9.17) is 9.47 Å². The van der Waals surface area contributed by atoms with E-state index in [1.165, 1.54) is 4.57 Å². The highest BCUT2D eigenvalue weighted by molar-refractivity contribution is 5.74. The van der Waals surface area contributed by atoms with E-state index in [1.54, 1.807) is 38.6 Å². The number of anilines is 1. The van der Waals surface area contributed by atoms with Crippen molar-refractivity contribution in [2.45, 2.75) is 12.3 Å². The Hall–Kier alpha value is -2.55. The largest absolute Gasteiger partial charge is 0.382 e. The predicted molar refractivity (Wildman–Crippen MR) is 98.5 cm³/mol. The molecule has 3 rings (SSSR count). The maximum atomic E-state index is 11.8. The number of benzene rings is 1. The highest BCUT2D eigenvalue weighted by Crippen LogP contribution is 2.13. The molecule has 0 aliphatic carbocycles. The third-order valence-corrected chi connectivity index (χ3v) is 3.73. The molecule has 0 bridgehead atoms. The molecule has 2 aromatic rings. The summed E-state index contributed by atoms with van der Waals surface area (Å²) in [6.45, 7) is 1.81. The number of nitrogens with one attached hydrogen (secondary N) is 2. The number of nitrogens with zero attached hydrogens (tertiary/aromatic N) is 2. The van der Waals surface area contributed by atoms with E-state index in [1.807, 2.05) is 18.2 Å². The molecule has 8 heteroatoms. The summed E-state index contributed by atoms with van der Waals surface area (Å²) >= 11 is 0. The Morgan fingerprint density at radius 2 is 2.12 bits per heavy atom. The molecule has 1 aliphatic rings. The number of carbonyl (C=O) groups excluding carboxylic acids is 1. The quantitative estimate of drug-likeness (QED) is 0.766. The molecule has 2 unspecified atom stereocenters. The zero-order valence-electron chi connectivity index (χ0n) is 14.9. The van der Waals surface area contributed by atoms with Crippen LogP contribution in [0.1, 0.15) is 16.6 Å². The summed E-state index contributed by atoms with van der Waals surface area (Å²) in [5, 5.41) is 6.04. The van der Waals surface area contributed by atoms with Crippen LogP contribution in [-0.2, 0) is 9.47 Å². The third kappa shape index (κ3) is 5.76. The lowest BCUT2D eigenvalue weighted by molar-refractivity contribution is -0.102. The first-order valence-corrected chi connectivity index (χ1v) is 8.30. The second kappa shape index (κ2) is 10.4. The third-order valence-electron chi connectivity index (χ3n) is 3.73. The van der Waals surface area contributed by atoms with Gasteiger partial charge >= 0.3 is 5.69 Å². The first kappa shape index (κ1) is 19.8. The molecule has 2 atom stereocenters. The molecular weight excluding hydrogens is 336 g/mol. The minimum atomic E-state index is -0.343. The fourth-order valence-corrected chi connectivity index (χ4v) is 2.44. The summed E-state index contributed by atoms with van der Waals surface area (Å²) in [7, 11) is 3.35. The van der Waals surface area contributed by atoms with Gasteiger partial charge in [0.25, 0.3) is 0 Å². The van der Waals surface area contributed by atoms with Crippen LogP contribution in [0.5, 0.6) is 0 Å². The van der Waals surface area contributed by atoms with Crippen LogP contribution >= 0.6 is 0 Å². The van der Waals surface area contributed by atoms with Gasteiger partial charge in [-0.2, -0.15) is 4.98 Å². The van der Waals surface area contributed by atoms with Crippen LogP contribution in [0.25, 0.3) is 0 Å². The normalized spacial score (nSPS) is 19.2. The predicted octanol–water partition coefficient (Wildman–Crippen LogP) is 0.918. The number of hydrogen-bond donors (Lipinski definition) is 2. The number of aromatic nitrogens is 2. The number of morpholine rings is 1. The molecule has 0 amide bonds. The number of carbonyl (C=O) groups is 1. The zero-order chi connectivity index (χ0) is 18.8. The first-order valence-electron chi connectivity index (χ1n) is 8.30. The standard InChI is InChI=1S/C11H18N4O3.C7H6O/c1-12-9-3-4-15(11(16)14-9)10-6-13-5-8(18-10)7-17-2;8-6-7-4-2-1-3-5-7/h3-4,8,10,13H,5-7H2,1-2H3,(H,12,14,16);1-6H. The van der Waals surface area contributed by atoms with Gasteiger partial charge in [0, 0.05) is 39.0 Å². The molecule has 26 heavy (non-hydrogen) atoms. The average molecular weight is 360 g/mol. The Balaban J connectivity index is 0.000000254. The van der Waals surface area contributed by atoms with Crippen molar-refractivity contribution in [1.29, 1.82) is 0 Å². The van der Waals surface area contributed by atoms with Crippen molar-refractivity contribution in [3.63, 3.8) is 0 Å². The summed E-state index contributed by atoms with van der Waals surface area (Å²) in [5.41, 5.74) is 0.402. The monoisotopic (exact) mass is 360 g/mol. The maximum Gasteiger partial charge on any atom is 0.351 e. The molecule has 1 aromatic carbocycles. The van der Waals surface area contributed by atoms with Crippen molar-refractivity contribution < 1.29 is 14.3 Å². The molecule has 0 saturated carbocycles. The van der Waals surface area contributed by atoms with E-state index in [0.29, 0.717) is 19.0 Å². The zero-order valence-corrected chi connectivity index (χ0v) is 14.9. The SMILES string of the molecule is CNc1ccn(C2CNCC(COC)O2)c(=O)n1.O=Cc1ccccc1. The van der Waals surface area contributed by atoms with Crippen molar-refractivity contribution in [2.24, 2.45) is 0 Å². The molecule has 8 nitrogen and oxygen atoms in total. The number of methoxy groups -OCH3 is 1. The van der Waals surface area contributed by atoms with Crippen LogP contribution in [0.4, 0.5) is 5.82 Å². The summed E-state index contributed by atoms with van der Waals surface area (Å²) in [6, 6.07) is 10.8. The van der Waals surface area contributed by atoms with E-state index in [9.17, 15) is 9.59 Å². The summed E-state index contributed by atoms with van der Waals surface area (Å²) in [5.74, 6) is 0.550. The molecule has 1 saturated heterocycles. The van der Waals surface area contributed by atoms with Gasteiger partial charge in [0.05, 0.1) is 12.7 Å². The van der Waals surface area contributed by atoms with Crippen molar-refractivity contribution in [2.75, 3.05) is 39.2 Å². The van der Waals surface area contributed by atoms with E-state index in [-0.39, 0.29) is 18.0 Å². The lowest BCUT2D eigenvalue weighted by atomic mass is 10.2. The van der Waals surface area contributed by atoms with Gasteiger partial charge < -0.3 is 20.1 Å². The minimum absolute atomic E-state index is 0.0513. The van der Waals surface area contributed by atoms with Crippen LogP contribution in [0, 0.1) is 0 Å². The summed E-state index contributed by atoms with van der Waals surface area (Å²) < 4.78 is 12.3. The highest BCUT2D eigenvalue weighted by Gasteiger charge is 2.24. The molecule has 1 fully saturated rings. The van der Waals surface area contributed by atoms with Gasteiger partial charge in [-0.25, -0.2) is 4.79 Å². The van der Waals surface area contributed by atoms with Gasteiger partial charge in [0.15, 0.2) is 6.23 Å². The molecule has 1 aliphatic heterocycles. The van der Waals surface area contributed by atoms with Gasteiger partial charge in [-0.15, -0.1) is 0 Å². The molecule has 140 valence electrons. The highest BCUT2D eigenvalue weighted by atomic mass is 16.5. The minimum Gasteiger partial charge on any atom is -0.382 e. The van der Waals surface area contributed by atoms with E-state index in [0.717, 1.165) is 18.4 Å². The van der Waals surface area contributed by atoms with Gasteiger partial charge in [0.2, 0.25) is 0 Å². The number of ether oxygens (including phenoxy) is 2. The number of aldehydes is 1. The van der Waals surface area contributed by atoms with Gasteiger partial charge in [-0.3, -0.25) is 9.36 Å². The molecule has 0 spiro atoms. The summed E-state index contributed by atoms with van der Waals surface area (Å²) in [6.07, 6.45) is 2.12. The van der Waals surface area contributed by atoms with E-state index >= 15 is 0 Å². The number of rotatable bonds is 5. The summed E-state index contributed by atoms with van der Waals surface area (Å²) in [4.78, 5) is 25.7. The molecule has 0 radical (unpaired) electrons. The average Bonchev–Trinajstić information content (AvgIpc) is 2.69. The Bertz CT molecular complexity index is 733. The molecule has 2 N–H and O–H groups in total. The lowest BCUT2D eigenvalue weighted by Gasteiger charge is -2.31. The molecular formula is C18H24N4O4.